The Morgan fingerprint density at radius 2 is 2.27 bits per heavy atom. The number of alkyl halides is 1. The predicted molar refractivity (Wildman–Crippen MR) is 59.0 cm³/mol. The van der Waals surface area contributed by atoms with Crippen LogP contribution in [0.1, 0.15) is 39.0 Å². The van der Waals surface area contributed by atoms with Crippen molar-refractivity contribution in [3.8, 4) is 0 Å². The molecule has 2 nitrogen and oxygen atoms in total. The van der Waals surface area contributed by atoms with Crippen molar-refractivity contribution in [2.75, 3.05) is 13.2 Å². The molecule has 3 fully saturated rings. The summed E-state index contributed by atoms with van der Waals surface area (Å²) in [6.45, 7) is 3.88. The molecule has 4 atom stereocenters. The van der Waals surface area contributed by atoms with Crippen LogP contribution in [0.25, 0.3) is 0 Å². The van der Waals surface area contributed by atoms with Crippen LogP contribution in [-0.4, -0.2) is 24.4 Å². The van der Waals surface area contributed by atoms with Crippen molar-refractivity contribution < 1.29 is 9.47 Å². The van der Waals surface area contributed by atoms with Gasteiger partial charge in [0.2, 0.25) is 0 Å². The fourth-order valence-corrected chi connectivity index (χ4v) is 3.54. The normalized spacial score (nSPS) is 53.2. The predicted octanol–water partition coefficient (Wildman–Crippen LogP) is 2.94. The van der Waals surface area contributed by atoms with E-state index in [4.69, 9.17) is 21.1 Å². The van der Waals surface area contributed by atoms with Gasteiger partial charge < -0.3 is 9.47 Å². The number of halogens is 1. The van der Waals surface area contributed by atoms with E-state index in [2.05, 4.69) is 6.92 Å². The van der Waals surface area contributed by atoms with E-state index in [0.717, 1.165) is 19.6 Å². The zero-order valence-electron chi connectivity index (χ0n) is 9.30. The van der Waals surface area contributed by atoms with Gasteiger partial charge in [0.25, 0.3) is 0 Å². The summed E-state index contributed by atoms with van der Waals surface area (Å²) in [5.74, 6) is 0.700. The Balaban J connectivity index is 1.41. The van der Waals surface area contributed by atoms with Gasteiger partial charge >= 0.3 is 0 Å². The summed E-state index contributed by atoms with van der Waals surface area (Å²) >= 11 is 6.32. The average Bonchev–Trinajstić information content (AvgIpc) is 3.04. The van der Waals surface area contributed by atoms with E-state index < -0.39 is 0 Å². The van der Waals surface area contributed by atoms with Gasteiger partial charge in [-0.15, -0.1) is 11.6 Å². The zero-order valence-corrected chi connectivity index (χ0v) is 10.1. The highest BCUT2D eigenvalue weighted by molar-refractivity contribution is 6.27. The quantitative estimate of drug-likeness (QED) is 0.694. The second kappa shape index (κ2) is 3.35. The zero-order chi connectivity index (χ0) is 10.5. The first-order chi connectivity index (χ1) is 7.14. The van der Waals surface area contributed by atoms with Crippen LogP contribution in [0, 0.1) is 11.3 Å². The smallest absolute Gasteiger partial charge is 0.157 e. The van der Waals surface area contributed by atoms with Crippen LogP contribution in [0.3, 0.4) is 0 Å². The van der Waals surface area contributed by atoms with Crippen molar-refractivity contribution in [2.24, 2.45) is 11.3 Å². The van der Waals surface area contributed by atoms with Crippen LogP contribution < -0.4 is 0 Å². The maximum absolute atomic E-state index is 6.32. The fraction of sp³-hybridized carbons (Fsp3) is 1.00. The molecule has 1 aliphatic heterocycles. The minimum atomic E-state index is 0.0664. The Hall–Kier alpha value is 0.210. The molecular weight excluding hydrogens is 212 g/mol. The first-order valence-corrected chi connectivity index (χ1v) is 6.44. The molecule has 3 aliphatic rings. The molecule has 0 aromatic rings. The van der Waals surface area contributed by atoms with Gasteiger partial charge in [-0.05, 0) is 50.4 Å². The lowest BCUT2D eigenvalue weighted by Crippen LogP contribution is -2.23. The lowest BCUT2D eigenvalue weighted by atomic mass is 10.2. The van der Waals surface area contributed by atoms with E-state index in [9.17, 15) is 0 Å². The summed E-state index contributed by atoms with van der Waals surface area (Å²) in [6.07, 6.45) is 6.01. The monoisotopic (exact) mass is 230 g/mol. The summed E-state index contributed by atoms with van der Waals surface area (Å²) < 4.78 is 11.3. The average molecular weight is 231 g/mol. The van der Waals surface area contributed by atoms with Crippen LogP contribution in [0.2, 0.25) is 0 Å². The molecule has 1 heterocycles. The molecule has 0 bridgehead atoms. The van der Waals surface area contributed by atoms with Crippen molar-refractivity contribution in [3.05, 3.63) is 0 Å². The Kier molecular flexibility index (Phi) is 2.32. The van der Waals surface area contributed by atoms with E-state index in [1.54, 1.807) is 0 Å². The fourth-order valence-electron chi connectivity index (χ4n) is 3.07. The Bertz CT molecular complexity index is 260. The molecule has 4 unspecified atom stereocenters. The summed E-state index contributed by atoms with van der Waals surface area (Å²) in [5.41, 5.74) is 0.448. The van der Waals surface area contributed by atoms with Crippen molar-refractivity contribution in [3.63, 3.8) is 0 Å². The highest BCUT2D eigenvalue weighted by Gasteiger charge is 2.76. The Morgan fingerprint density at radius 3 is 2.80 bits per heavy atom. The first-order valence-electron chi connectivity index (χ1n) is 6.06. The van der Waals surface area contributed by atoms with Crippen molar-refractivity contribution in [1.82, 2.24) is 0 Å². The minimum absolute atomic E-state index is 0.0664. The molecule has 1 saturated heterocycles. The molecule has 2 saturated carbocycles. The second-order valence-electron chi connectivity index (χ2n) is 5.56. The van der Waals surface area contributed by atoms with Crippen LogP contribution in [0.4, 0.5) is 0 Å². The Morgan fingerprint density at radius 1 is 1.47 bits per heavy atom. The lowest BCUT2D eigenvalue weighted by molar-refractivity contribution is -0.165. The van der Waals surface area contributed by atoms with E-state index in [1.165, 1.54) is 25.7 Å². The van der Waals surface area contributed by atoms with Crippen molar-refractivity contribution in [1.29, 1.82) is 0 Å². The minimum Gasteiger partial charge on any atom is -0.353 e. The summed E-state index contributed by atoms with van der Waals surface area (Å²) in [7, 11) is 0. The summed E-state index contributed by atoms with van der Waals surface area (Å²) in [6, 6.07) is 0. The van der Waals surface area contributed by atoms with Crippen molar-refractivity contribution in [2.45, 2.75) is 50.2 Å². The largest absolute Gasteiger partial charge is 0.353 e. The SMILES string of the molecule is CC1(Cl)CC12CC2COC1CCCCO1. The third-order valence-corrected chi connectivity index (χ3v) is 4.92. The molecule has 86 valence electrons. The third-order valence-electron chi connectivity index (χ3n) is 4.41. The maximum Gasteiger partial charge on any atom is 0.157 e. The van der Waals surface area contributed by atoms with Crippen molar-refractivity contribution >= 4 is 11.6 Å². The highest BCUT2D eigenvalue weighted by atomic mass is 35.5. The molecule has 2 aliphatic carbocycles. The molecular formula is C12H19ClO2. The number of hydrogen-bond acceptors (Lipinski definition) is 2. The van der Waals surface area contributed by atoms with Gasteiger partial charge in [0.1, 0.15) is 0 Å². The van der Waals surface area contributed by atoms with E-state index in [0.29, 0.717) is 11.3 Å². The van der Waals surface area contributed by atoms with Gasteiger partial charge in [0, 0.05) is 11.5 Å². The second-order valence-corrected chi connectivity index (χ2v) is 6.40. The summed E-state index contributed by atoms with van der Waals surface area (Å²) in [5, 5.41) is 0. The molecule has 15 heavy (non-hydrogen) atoms. The van der Waals surface area contributed by atoms with Crippen LogP contribution >= 0.6 is 11.6 Å². The van der Waals surface area contributed by atoms with Gasteiger partial charge in [0.15, 0.2) is 6.29 Å². The molecule has 0 amide bonds. The van der Waals surface area contributed by atoms with Gasteiger partial charge in [-0.3, -0.25) is 0 Å². The number of rotatable bonds is 3. The molecule has 0 aromatic heterocycles. The van der Waals surface area contributed by atoms with Gasteiger partial charge in [-0.1, -0.05) is 0 Å². The number of hydrogen-bond donors (Lipinski definition) is 0. The van der Waals surface area contributed by atoms with Gasteiger partial charge in [0.05, 0.1) is 6.61 Å². The van der Waals surface area contributed by atoms with Crippen LogP contribution in [-0.2, 0) is 9.47 Å². The highest BCUT2D eigenvalue weighted by Crippen LogP contribution is 2.79. The first kappa shape index (κ1) is 10.4. The molecule has 3 rings (SSSR count). The van der Waals surface area contributed by atoms with Crippen LogP contribution in [0.15, 0.2) is 0 Å². The van der Waals surface area contributed by atoms with Crippen LogP contribution in [0.5, 0.6) is 0 Å². The van der Waals surface area contributed by atoms with E-state index in [-0.39, 0.29) is 11.2 Å². The molecule has 1 spiro atoms. The maximum atomic E-state index is 6.32. The lowest BCUT2D eigenvalue weighted by Gasteiger charge is -2.22. The molecule has 0 N–H and O–H groups in total. The van der Waals surface area contributed by atoms with E-state index in [1.807, 2.05) is 0 Å². The van der Waals surface area contributed by atoms with Gasteiger partial charge in [-0.25, -0.2) is 0 Å². The standard InChI is InChI=1S/C12H19ClO2/c1-11(13)8-12(11)6-9(12)7-15-10-4-2-3-5-14-10/h9-10H,2-8H2,1H3. The Labute approximate surface area is 96.3 Å². The third kappa shape index (κ3) is 1.71. The molecule has 0 aromatic carbocycles. The molecule has 0 radical (unpaired) electrons. The van der Waals surface area contributed by atoms with E-state index >= 15 is 0 Å². The topological polar surface area (TPSA) is 18.5 Å². The molecule has 3 heteroatoms. The number of ether oxygens (including phenoxy) is 2. The summed E-state index contributed by atoms with van der Waals surface area (Å²) in [4.78, 5) is 0.0778. The van der Waals surface area contributed by atoms with Gasteiger partial charge in [-0.2, -0.15) is 0 Å².